The fourth-order valence-electron chi connectivity index (χ4n) is 4.83. The Bertz CT molecular complexity index is 315. The van der Waals surface area contributed by atoms with Gasteiger partial charge >= 0.3 is 0 Å². The Labute approximate surface area is 139 Å². The summed E-state index contributed by atoms with van der Waals surface area (Å²) < 4.78 is 6.24. The van der Waals surface area contributed by atoms with Gasteiger partial charge in [-0.2, -0.15) is 0 Å². The second kappa shape index (κ2) is 7.69. The Balaban J connectivity index is 1.79. The molecule has 0 bridgehead atoms. The van der Waals surface area contributed by atoms with E-state index in [-0.39, 0.29) is 0 Å². The zero-order valence-electron chi connectivity index (χ0n) is 16.0. The third-order valence-corrected chi connectivity index (χ3v) is 6.92. The SMILES string of the molecule is CC(C)C1CCC(C(C)(C)CC2CCC(C(C)C)CO2)CC1. The third kappa shape index (κ3) is 4.73. The van der Waals surface area contributed by atoms with E-state index in [4.69, 9.17) is 4.74 Å². The standard InChI is InChI=1S/C21H40O/c1-15(2)17-7-10-19(11-8-17)21(5,6)13-20-12-9-18(14-22-20)16(3)4/h15-20H,7-14H2,1-6H3. The van der Waals surface area contributed by atoms with Gasteiger partial charge in [-0.05, 0) is 80.0 Å². The first-order valence-corrected chi connectivity index (χ1v) is 9.91. The summed E-state index contributed by atoms with van der Waals surface area (Å²) in [5.41, 5.74) is 0.456. The van der Waals surface area contributed by atoms with Crippen LogP contribution in [0.4, 0.5) is 0 Å². The van der Waals surface area contributed by atoms with Crippen LogP contribution in [0.5, 0.6) is 0 Å². The molecule has 1 aliphatic heterocycles. The summed E-state index contributed by atoms with van der Waals surface area (Å²) in [6, 6.07) is 0. The molecule has 0 spiro atoms. The van der Waals surface area contributed by atoms with E-state index in [1.807, 2.05) is 0 Å². The van der Waals surface area contributed by atoms with E-state index < -0.39 is 0 Å². The lowest BCUT2D eigenvalue weighted by Gasteiger charge is -2.43. The van der Waals surface area contributed by atoms with Gasteiger partial charge in [0.1, 0.15) is 0 Å². The molecule has 2 rings (SSSR count). The maximum atomic E-state index is 6.24. The van der Waals surface area contributed by atoms with Gasteiger partial charge in [0, 0.05) is 0 Å². The molecule has 2 unspecified atom stereocenters. The molecule has 1 aliphatic carbocycles. The van der Waals surface area contributed by atoms with Gasteiger partial charge in [0.2, 0.25) is 0 Å². The third-order valence-electron chi connectivity index (χ3n) is 6.92. The van der Waals surface area contributed by atoms with Crippen molar-refractivity contribution in [3.63, 3.8) is 0 Å². The van der Waals surface area contributed by atoms with Crippen LogP contribution in [-0.4, -0.2) is 12.7 Å². The second-order valence-electron chi connectivity index (χ2n) is 9.59. The summed E-state index contributed by atoms with van der Waals surface area (Å²) in [6.45, 7) is 15.5. The first-order chi connectivity index (χ1) is 10.3. The Hall–Kier alpha value is -0.0400. The topological polar surface area (TPSA) is 9.23 Å². The first kappa shape index (κ1) is 18.3. The molecule has 130 valence electrons. The van der Waals surface area contributed by atoms with E-state index in [9.17, 15) is 0 Å². The van der Waals surface area contributed by atoms with Crippen molar-refractivity contribution in [2.75, 3.05) is 6.61 Å². The highest BCUT2D eigenvalue weighted by Gasteiger charge is 2.36. The van der Waals surface area contributed by atoms with E-state index in [1.54, 1.807) is 0 Å². The van der Waals surface area contributed by atoms with Gasteiger partial charge in [-0.3, -0.25) is 0 Å². The van der Waals surface area contributed by atoms with Gasteiger partial charge in [0.25, 0.3) is 0 Å². The minimum atomic E-state index is 0.456. The highest BCUT2D eigenvalue weighted by atomic mass is 16.5. The number of rotatable bonds is 5. The lowest BCUT2D eigenvalue weighted by atomic mass is 9.65. The van der Waals surface area contributed by atoms with Gasteiger partial charge in [-0.25, -0.2) is 0 Å². The lowest BCUT2D eigenvalue weighted by molar-refractivity contribution is -0.0577. The molecule has 22 heavy (non-hydrogen) atoms. The average Bonchev–Trinajstić information content (AvgIpc) is 2.47. The minimum Gasteiger partial charge on any atom is -0.378 e. The normalized spacial score (nSPS) is 34.4. The van der Waals surface area contributed by atoms with Crippen LogP contribution < -0.4 is 0 Å². The molecule has 1 saturated heterocycles. The molecule has 2 fully saturated rings. The van der Waals surface area contributed by atoms with Crippen molar-refractivity contribution < 1.29 is 4.74 Å². The predicted octanol–water partition coefficient (Wildman–Crippen LogP) is 6.32. The number of hydrogen-bond donors (Lipinski definition) is 0. The van der Waals surface area contributed by atoms with Crippen LogP contribution >= 0.6 is 0 Å². The van der Waals surface area contributed by atoms with E-state index in [1.165, 1.54) is 44.9 Å². The highest BCUT2D eigenvalue weighted by Crippen LogP contribution is 2.45. The molecule has 1 nitrogen and oxygen atoms in total. The Morgan fingerprint density at radius 3 is 1.82 bits per heavy atom. The van der Waals surface area contributed by atoms with Crippen molar-refractivity contribution in [2.24, 2.45) is 35.0 Å². The molecule has 1 heterocycles. The van der Waals surface area contributed by atoms with Crippen molar-refractivity contribution in [1.82, 2.24) is 0 Å². The largest absolute Gasteiger partial charge is 0.378 e. The molecule has 0 N–H and O–H groups in total. The Morgan fingerprint density at radius 2 is 1.36 bits per heavy atom. The van der Waals surface area contributed by atoms with Gasteiger partial charge in [-0.1, -0.05) is 41.5 Å². The van der Waals surface area contributed by atoms with Crippen molar-refractivity contribution in [3.05, 3.63) is 0 Å². The molecular weight excluding hydrogens is 268 g/mol. The van der Waals surface area contributed by atoms with Crippen LogP contribution in [0.2, 0.25) is 0 Å². The van der Waals surface area contributed by atoms with E-state index >= 15 is 0 Å². The average molecular weight is 309 g/mol. The number of ether oxygens (including phenoxy) is 1. The van der Waals surface area contributed by atoms with Crippen LogP contribution in [-0.2, 0) is 4.74 Å². The maximum absolute atomic E-state index is 6.24. The van der Waals surface area contributed by atoms with Crippen molar-refractivity contribution in [1.29, 1.82) is 0 Å². The summed E-state index contributed by atoms with van der Waals surface area (Å²) in [4.78, 5) is 0. The Morgan fingerprint density at radius 1 is 0.818 bits per heavy atom. The van der Waals surface area contributed by atoms with Gasteiger partial charge in [0.15, 0.2) is 0 Å². The summed E-state index contributed by atoms with van der Waals surface area (Å²) in [5, 5.41) is 0. The highest BCUT2D eigenvalue weighted by molar-refractivity contribution is 4.87. The predicted molar refractivity (Wildman–Crippen MR) is 96.0 cm³/mol. The zero-order chi connectivity index (χ0) is 16.3. The quantitative estimate of drug-likeness (QED) is 0.577. The summed E-state index contributed by atoms with van der Waals surface area (Å²) >= 11 is 0. The summed E-state index contributed by atoms with van der Waals surface area (Å²) in [7, 11) is 0. The first-order valence-electron chi connectivity index (χ1n) is 9.91. The Kier molecular flexibility index (Phi) is 6.39. The van der Waals surface area contributed by atoms with Gasteiger partial charge < -0.3 is 4.74 Å². The van der Waals surface area contributed by atoms with Gasteiger partial charge in [0.05, 0.1) is 12.7 Å². The smallest absolute Gasteiger partial charge is 0.0580 e. The van der Waals surface area contributed by atoms with Crippen molar-refractivity contribution >= 4 is 0 Å². The maximum Gasteiger partial charge on any atom is 0.0580 e. The van der Waals surface area contributed by atoms with Crippen molar-refractivity contribution in [2.45, 2.75) is 92.6 Å². The van der Waals surface area contributed by atoms with Crippen molar-refractivity contribution in [3.8, 4) is 0 Å². The second-order valence-corrected chi connectivity index (χ2v) is 9.59. The summed E-state index contributed by atoms with van der Waals surface area (Å²) in [6.07, 6.45) is 10.2. The fraction of sp³-hybridized carbons (Fsp3) is 1.00. The number of hydrogen-bond acceptors (Lipinski definition) is 1. The molecule has 0 aromatic carbocycles. The van der Waals surface area contributed by atoms with E-state index in [0.29, 0.717) is 11.5 Å². The molecule has 2 aliphatic rings. The van der Waals surface area contributed by atoms with Crippen LogP contribution in [0.25, 0.3) is 0 Å². The van der Waals surface area contributed by atoms with E-state index in [0.717, 1.165) is 36.2 Å². The molecule has 0 amide bonds. The fourth-order valence-corrected chi connectivity index (χ4v) is 4.83. The molecule has 2 atom stereocenters. The molecule has 0 radical (unpaired) electrons. The zero-order valence-corrected chi connectivity index (χ0v) is 16.0. The molecule has 0 aromatic heterocycles. The van der Waals surface area contributed by atoms with Crippen LogP contribution in [0.15, 0.2) is 0 Å². The molecule has 1 saturated carbocycles. The van der Waals surface area contributed by atoms with Gasteiger partial charge in [-0.15, -0.1) is 0 Å². The minimum absolute atomic E-state index is 0.456. The van der Waals surface area contributed by atoms with Crippen LogP contribution in [0.1, 0.15) is 86.5 Å². The molecular formula is C21H40O. The van der Waals surface area contributed by atoms with E-state index in [2.05, 4.69) is 41.5 Å². The summed E-state index contributed by atoms with van der Waals surface area (Å²) in [5.74, 6) is 4.33. The molecule has 0 aromatic rings. The lowest BCUT2D eigenvalue weighted by Crippen LogP contribution is -2.36. The molecule has 1 heteroatoms. The van der Waals surface area contributed by atoms with Crippen LogP contribution in [0, 0.1) is 35.0 Å². The monoisotopic (exact) mass is 308 g/mol. The van der Waals surface area contributed by atoms with Crippen LogP contribution in [0.3, 0.4) is 0 Å².